The van der Waals surface area contributed by atoms with Crippen LogP contribution in [0.2, 0.25) is 0 Å². The first-order valence-electron chi connectivity index (χ1n) is 5.41. The third-order valence-corrected chi connectivity index (χ3v) is 5.16. The molecule has 1 aromatic rings. The van der Waals surface area contributed by atoms with Crippen molar-refractivity contribution in [2.24, 2.45) is 11.8 Å². The number of halogens is 1. The van der Waals surface area contributed by atoms with Gasteiger partial charge in [-0.25, -0.2) is 0 Å². The van der Waals surface area contributed by atoms with Gasteiger partial charge < -0.3 is 0 Å². The summed E-state index contributed by atoms with van der Waals surface area (Å²) in [6.45, 7) is 0. The van der Waals surface area contributed by atoms with Crippen molar-refractivity contribution < 1.29 is 0 Å². The molecule has 0 nitrogen and oxygen atoms in total. The predicted molar refractivity (Wildman–Crippen MR) is 66.2 cm³/mol. The molecule has 3 aliphatic rings. The fourth-order valence-electron chi connectivity index (χ4n) is 2.52. The highest BCUT2D eigenvalue weighted by atomic mass is 35.5. The fraction of sp³-hybridized carbons (Fsp3) is 0.385. The maximum absolute atomic E-state index is 6.06. The summed E-state index contributed by atoms with van der Waals surface area (Å²) >= 11 is 8.08. The summed E-state index contributed by atoms with van der Waals surface area (Å²) in [5.74, 6) is 1.54. The van der Waals surface area contributed by atoms with Crippen LogP contribution in [0.25, 0.3) is 0 Å². The van der Waals surface area contributed by atoms with Gasteiger partial charge in [-0.05, 0) is 36.8 Å². The molecule has 0 radical (unpaired) electrons. The van der Waals surface area contributed by atoms with Crippen molar-refractivity contribution in [3.8, 4) is 0 Å². The molecule has 0 spiro atoms. The lowest BCUT2D eigenvalue weighted by Crippen LogP contribution is -2.41. The average Bonchev–Trinajstić information content (AvgIpc) is 2.27. The Kier molecular flexibility index (Phi) is 2.53. The molecular formula is C13H13ClS. The zero-order valence-electron chi connectivity index (χ0n) is 8.40. The predicted octanol–water partition coefficient (Wildman–Crippen LogP) is 4.31. The van der Waals surface area contributed by atoms with Crippen molar-refractivity contribution in [1.82, 2.24) is 0 Å². The van der Waals surface area contributed by atoms with E-state index in [4.69, 9.17) is 11.6 Å². The molecule has 15 heavy (non-hydrogen) atoms. The first-order chi connectivity index (χ1) is 7.33. The van der Waals surface area contributed by atoms with Crippen LogP contribution in [0.4, 0.5) is 0 Å². The van der Waals surface area contributed by atoms with Crippen molar-refractivity contribution in [3.05, 3.63) is 41.4 Å². The van der Waals surface area contributed by atoms with Crippen molar-refractivity contribution in [3.63, 3.8) is 0 Å². The number of thioether (sulfide) groups is 1. The molecule has 3 atom stereocenters. The summed E-state index contributed by atoms with van der Waals surface area (Å²) in [5, 5.41) is 1.86. The van der Waals surface area contributed by atoms with Gasteiger partial charge >= 0.3 is 0 Å². The lowest BCUT2D eigenvalue weighted by molar-refractivity contribution is 0.237. The van der Waals surface area contributed by atoms with E-state index in [1.807, 2.05) is 11.8 Å². The molecule has 1 fully saturated rings. The number of fused-ring (bicyclic) bond motifs is 1. The summed E-state index contributed by atoms with van der Waals surface area (Å²) in [6, 6.07) is 10.7. The van der Waals surface area contributed by atoms with Crippen molar-refractivity contribution in [2.75, 3.05) is 0 Å². The highest BCUT2D eigenvalue weighted by Gasteiger charge is 2.43. The molecule has 0 amide bonds. The first kappa shape index (κ1) is 9.80. The first-order valence-corrected chi connectivity index (χ1v) is 6.66. The average molecular weight is 237 g/mol. The minimum atomic E-state index is 0.724. The molecule has 0 heterocycles. The van der Waals surface area contributed by atoms with Crippen LogP contribution < -0.4 is 0 Å². The van der Waals surface area contributed by atoms with Crippen LogP contribution in [-0.4, -0.2) is 5.25 Å². The van der Waals surface area contributed by atoms with Gasteiger partial charge in [-0.2, -0.15) is 0 Å². The summed E-state index contributed by atoms with van der Waals surface area (Å²) < 4.78 is 0. The zero-order valence-corrected chi connectivity index (χ0v) is 9.97. The van der Waals surface area contributed by atoms with Gasteiger partial charge in [0.1, 0.15) is 0 Å². The van der Waals surface area contributed by atoms with E-state index in [2.05, 4.69) is 36.4 Å². The highest BCUT2D eigenvalue weighted by Crippen LogP contribution is 2.53. The second-order valence-electron chi connectivity index (χ2n) is 4.37. The Balaban J connectivity index is 1.72. The number of benzene rings is 1. The van der Waals surface area contributed by atoms with E-state index in [0.29, 0.717) is 0 Å². The minimum Gasteiger partial charge on any atom is -0.122 e. The summed E-state index contributed by atoms with van der Waals surface area (Å²) in [6.07, 6.45) is 4.71. The largest absolute Gasteiger partial charge is 0.122 e. The van der Waals surface area contributed by atoms with E-state index in [1.165, 1.54) is 11.3 Å². The van der Waals surface area contributed by atoms with Gasteiger partial charge in [-0.3, -0.25) is 0 Å². The van der Waals surface area contributed by atoms with E-state index in [9.17, 15) is 0 Å². The molecule has 0 N–H and O–H groups in total. The van der Waals surface area contributed by atoms with Gasteiger partial charge in [-0.1, -0.05) is 35.9 Å². The Labute approximate surface area is 99.7 Å². The van der Waals surface area contributed by atoms with Crippen LogP contribution >= 0.6 is 23.4 Å². The molecule has 78 valence electrons. The van der Waals surface area contributed by atoms with Crippen LogP contribution in [0.3, 0.4) is 0 Å². The third kappa shape index (κ3) is 1.83. The van der Waals surface area contributed by atoms with E-state index in [-0.39, 0.29) is 0 Å². The Morgan fingerprint density at radius 1 is 1.20 bits per heavy atom. The van der Waals surface area contributed by atoms with Gasteiger partial charge in [0.2, 0.25) is 0 Å². The summed E-state index contributed by atoms with van der Waals surface area (Å²) in [7, 11) is 0. The Morgan fingerprint density at radius 2 is 2.00 bits per heavy atom. The Hall–Kier alpha value is -0.400. The molecule has 1 saturated carbocycles. The lowest BCUT2D eigenvalue weighted by atomic mass is 9.68. The van der Waals surface area contributed by atoms with Crippen LogP contribution in [0, 0.1) is 11.8 Å². The second kappa shape index (κ2) is 3.88. The summed E-state index contributed by atoms with van der Waals surface area (Å²) in [4.78, 5) is 1.39. The van der Waals surface area contributed by atoms with E-state index >= 15 is 0 Å². The molecular weight excluding hydrogens is 224 g/mol. The quantitative estimate of drug-likeness (QED) is 0.738. The van der Waals surface area contributed by atoms with Gasteiger partial charge in [0.05, 0.1) is 0 Å². The van der Waals surface area contributed by atoms with E-state index in [1.54, 1.807) is 0 Å². The molecule has 0 saturated heterocycles. The molecule has 2 bridgehead atoms. The maximum atomic E-state index is 6.06. The van der Waals surface area contributed by atoms with Crippen molar-refractivity contribution in [1.29, 1.82) is 0 Å². The number of hydrogen-bond acceptors (Lipinski definition) is 1. The number of allylic oxidation sites excluding steroid dienone is 2. The molecule has 4 rings (SSSR count). The third-order valence-electron chi connectivity index (χ3n) is 3.33. The minimum absolute atomic E-state index is 0.724. The second-order valence-corrected chi connectivity index (χ2v) is 6.11. The van der Waals surface area contributed by atoms with E-state index in [0.717, 1.165) is 28.5 Å². The highest BCUT2D eigenvalue weighted by molar-refractivity contribution is 8.00. The van der Waals surface area contributed by atoms with Gasteiger partial charge in [-0.15, -0.1) is 11.8 Å². The molecule has 0 aliphatic heterocycles. The van der Waals surface area contributed by atoms with Crippen molar-refractivity contribution in [2.45, 2.75) is 23.0 Å². The van der Waals surface area contributed by atoms with Gasteiger partial charge in [0.25, 0.3) is 0 Å². The SMILES string of the molecule is ClC1=C[C@H]2C[C@@H](C1)[C@H]2Sc1ccccc1. The van der Waals surface area contributed by atoms with Crippen LogP contribution in [0.15, 0.2) is 46.3 Å². The van der Waals surface area contributed by atoms with Gasteiger partial charge in [0.15, 0.2) is 0 Å². The lowest BCUT2D eigenvalue weighted by Gasteiger charge is -2.46. The molecule has 2 heteroatoms. The smallest absolute Gasteiger partial charge is 0.0190 e. The Bertz CT molecular complexity index is 385. The van der Waals surface area contributed by atoms with Crippen molar-refractivity contribution >= 4 is 23.4 Å². The molecule has 0 unspecified atom stereocenters. The molecule has 1 aromatic carbocycles. The van der Waals surface area contributed by atoms with E-state index < -0.39 is 0 Å². The molecule has 0 aromatic heterocycles. The fourth-order valence-corrected chi connectivity index (χ4v) is 4.28. The van der Waals surface area contributed by atoms with Crippen LogP contribution in [0.5, 0.6) is 0 Å². The Morgan fingerprint density at radius 3 is 2.67 bits per heavy atom. The maximum Gasteiger partial charge on any atom is 0.0190 e. The number of hydrogen-bond donors (Lipinski definition) is 0. The monoisotopic (exact) mass is 236 g/mol. The standard InChI is InChI=1S/C13H13ClS/c14-11-7-9-6-10(8-11)13(9)15-12-4-2-1-3-5-12/h1-5,7,9-10,13H,6,8H2/t9-,10+,13+/m1/s1. The zero-order chi connectivity index (χ0) is 10.3. The summed E-state index contributed by atoms with van der Waals surface area (Å²) in [5.41, 5.74) is 0. The van der Waals surface area contributed by atoms with Crippen LogP contribution in [-0.2, 0) is 0 Å². The van der Waals surface area contributed by atoms with Gasteiger partial charge in [0, 0.05) is 15.2 Å². The normalized spacial score (nSPS) is 33.1. The van der Waals surface area contributed by atoms with Crippen LogP contribution in [0.1, 0.15) is 12.8 Å². The molecule has 3 aliphatic carbocycles. The topological polar surface area (TPSA) is 0 Å². The number of rotatable bonds is 2.